The van der Waals surface area contributed by atoms with Gasteiger partial charge in [-0.3, -0.25) is 9.59 Å². The third-order valence-electron chi connectivity index (χ3n) is 3.05. The van der Waals surface area contributed by atoms with Gasteiger partial charge in [-0.25, -0.2) is 0 Å². The molecule has 0 spiro atoms. The molecular weight excluding hydrogens is 368 g/mol. The molecule has 0 unspecified atom stereocenters. The first kappa shape index (κ1) is 16.8. The smallest absolute Gasteiger partial charge is 0.286 e. The van der Waals surface area contributed by atoms with Crippen molar-refractivity contribution in [2.75, 3.05) is 13.6 Å². The maximum Gasteiger partial charge on any atom is 0.286 e. The third-order valence-corrected chi connectivity index (χ3v) is 4.65. The van der Waals surface area contributed by atoms with Crippen molar-refractivity contribution < 1.29 is 14.0 Å². The number of halogens is 1. The molecule has 0 atom stereocenters. The molecule has 0 bridgehead atoms. The molecule has 0 aliphatic rings. The van der Waals surface area contributed by atoms with E-state index in [0.717, 1.165) is 8.66 Å². The van der Waals surface area contributed by atoms with Gasteiger partial charge in [0.15, 0.2) is 5.76 Å². The number of nitrogens with one attached hydrogen (secondary N) is 1. The van der Waals surface area contributed by atoms with Crippen molar-refractivity contribution in [3.05, 3.63) is 45.0 Å². The highest BCUT2D eigenvalue weighted by atomic mass is 79.9. The van der Waals surface area contributed by atoms with Gasteiger partial charge in [0.25, 0.3) is 5.91 Å². The molecule has 118 valence electrons. The normalized spacial score (nSPS) is 10.5. The maximum atomic E-state index is 12.0. The quantitative estimate of drug-likeness (QED) is 0.745. The van der Waals surface area contributed by atoms with Crippen LogP contribution in [0.2, 0.25) is 0 Å². The van der Waals surface area contributed by atoms with Crippen molar-refractivity contribution >= 4 is 39.1 Å². The fourth-order valence-corrected chi connectivity index (χ4v) is 3.42. The van der Waals surface area contributed by atoms with Crippen LogP contribution in [0.15, 0.2) is 38.7 Å². The minimum atomic E-state index is -0.255. The number of amides is 2. The molecule has 5 nitrogen and oxygen atoms in total. The number of thiophene rings is 1. The third kappa shape index (κ3) is 4.99. The number of rotatable bonds is 7. The SMILES string of the molecule is CN(Cc1ccc(Br)s1)C(=O)CCCNC(=O)c1ccco1. The lowest BCUT2D eigenvalue weighted by Crippen LogP contribution is -2.28. The van der Waals surface area contributed by atoms with Crippen LogP contribution in [-0.4, -0.2) is 30.3 Å². The lowest BCUT2D eigenvalue weighted by Gasteiger charge is -2.16. The zero-order valence-corrected chi connectivity index (χ0v) is 14.6. The first-order valence-electron chi connectivity index (χ1n) is 6.86. The second-order valence-corrected chi connectivity index (χ2v) is 7.34. The van der Waals surface area contributed by atoms with Crippen LogP contribution in [-0.2, 0) is 11.3 Å². The Morgan fingerprint density at radius 1 is 1.36 bits per heavy atom. The fourth-order valence-electron chi connectivity index (χ4n) is 1.89. The summed E-state index contributed by atoms with van der Waals surface area (Å²) in [4.78, 5) is 26.5. The highest BCUT2D eigenvalue weighted by molar-refractivity contribution is 9.11. The second-order valence-electron chi connectivity index (χ2n) is 4.79. The Morgan fingerprint density at radius 2 is 2.18 bits per heavy atom. The topological polar surface area (TPSA) is 62.6 Å². The molecule has 2 aromatic heterocycles. The Hall–Kier alpha value is -1.60. The molecule has 0 aliphatic carbocycles. The van der Waals surface area contributed by atoms with E-state index in [0.29, 0.717) is 25.9 Å². The Balaban J connectivity index is 1.65. The molecular formula is C15H17BrN2O3S. The molecule has 2 rings (SSSR count). The highest BCUT2D eigenvalue weighted by Crippen LogP contribution is 2.23. The van der Waals surface area contributed by atoms with Gasteiger partial charge in [-0.2, -0.15) is 0 Å². The lowest BCUT2D eigenvalue weighted by atomic mass is 10.2. The number of carbonyl (C=O) groups is 2. The number of furan rings is 1. The van der Waals surface area contributed by atoms with Gasteiger partial charge in [-0.05, 0) is 46.6 Å². The molecule has 22 heavy (non-hydrogen) atoms. The Morgan fingerprint density at radius 3 is 2.82 bits per heavy atom. The monoisotopic (exact) mass is 384 g/mol. The van der Waals surface area contributed by atoms with Crippen molar-refractivity contribution in [3.63, 3.8) is 0 Å². The Kier molecular flexibility index (Phi) is 6.21. The van der Waals surface area contributed by atoms with Gasteiger partial charge >= 0.3 is 0 Å². The van der Waals surface area contributed by atoms with Crippen molar-refractivity contribution in [1.82, 2.24) is 10.2 Å². The summed E-state index contributed by atoms with van der Waals surface area (Å²) in [5, 5.41) is 2.72. The highest BCUT2D eigenvalue weighted by Gasteiger charge is 2.11. The predicted octanol–water partition coefficient (Wildman–Crippen LogP) is 3.27. The van der Waals surface area contributed by atoms with Crippen molar-refractivity contribution in [2.45, 2.75) is 19.4 Å². The van der Waals surface area contributed by atoms with Crippen LogP contribution in [0.3, 0.4) is 0 Å². The minimum Gasteiger partial charge on any atom is -0.459 e. The molecule has 0 aliphatic heterocycles. The Bertz CT molecular complexity index is 625. The van der Waals surface area contributed by atoms with Crippen LogP contribution in [0.1, 0.15) is 28.3 Å². The summed E-state index contributed by atoms with van der Waals surface area (Å²) in [6.45, 7) is 1.05. The van der Waals surface area contributed by atoms with E-state index in [4.69, 9.17) is 4.42 Å². The van der Waals surface area contributed by atoms with Crippen molar-refractivity contribution in [3.8, 4) is 0 Å². The van der Waals surface area contributed by atoms with E-state index in [1.807, 2.05) is 12.1 Å². The van der Waals surface area contributed by atoms with E-state index in [9.17, 15) is 9.59 Å². The molecule has 2 aromatic rings. The predicted molar refractivity (Wildman–Crippen MR) is 88.8 cm³/mol. The van der Waals surface area contributed by atoms with E-state index >= 15 is 0 Å². The zero-order chi connectivity index (χ0) is 15.9. The van der Waals surface area contributed by atoms with Crippen LogP contribution < -0.4 is 5.32 Å². The summed E-state index contributed by atoms with van der Waals surface area (Å²) in [5.41, 5.74) is 0. The first-order valence-corrected chi connectivity index (χ1v) is 8.47. The van der Waals surface area contributed by atoms with Crippen LogP contribution in [0.5, 0.6) is 0 Å². The average Bonchev–Trinajstić information content (AvgIpc) is 3.14. The van der Waals surface area contributed by atoms with Crippen molar-refractivity contribution in [2.24, 2.45) is 0 Å². The summed E-state index contributed by atoms with van der Waals surface area (Å²) >= 11 is 5.03. The fraction of sp³-hybridized carbons (Fsp3) is 0.333. The lowest BCUT2D eigenvalue weighted by molar-refractivity contribution is -0.130. The molecule has 7 heteroatoms. The molecule has 1 N–H and O–H groups in total. The van der Waals surface area contributed by atoms with E-state index in [1.54, 1.807) is 35.4 Å². The van der Waals surface area contributed by atoms with E-state index in [1.165, 1.54) is 6.26 Å². The summed E-state index contributed by atoms with van der Waals surface area (Å²) in [6, 6.07) is 7.24. The van der Waals surface area contributed by atoms with Gasteiger partial charge in [-0.15, -0.1) is 11.3 Å². The average molecular weight is 385 g/mol. The Labute approximate surface area is 141 Å². The number of carbonyl (C=O) groups excluding carboxylic acids is 2. The maximum absolute atomic E-state index is 12.0. The summed E-state index contributed by atoms with van der Waals surface area (Å²) < 4.78 is 6.05. The molecule has 2 amide bonds. The number of nitrogens with zero attached hydrogens (tertiary/aromatic N) is 1. The van der Waals surface area contributed by atoms with Gasteiger partial charge in [0.05, 0.1) is 16.6 Å². The van der Waals surface area contributed by atoms with Crippen molar-refractivity contribution in [1.29, 1.82) is 0 Å². The van der Waals surface area contributed by atoms with Crippen LogP contribution >= 0.6 is 27.3 Å². The number of hydrogen-bond acceptors (Lipinski definition) is 4. The first-order chi connectivity index (χ1) is 10.6. The largest absolute Gasteiger partial charge is 0.459 e. The summed E-state index contributed by atoms with van der Waals surface area (Å²) in [5.74, 6) is 0.0951. The summed E-state index contributed by atoms with van der Waals surface area (Å²) in [7, 11) is 1.79. The van der Waals surface area contributed by atoms with E-state index in [2.05, 4.69) is 21.2 Å². The molecule has 0 saturated heterocycles. The molecule has 2 heterocycles. The van der Waals surface area contributed by atoms with Gasteiger partial charge in [-0.1, -0.05) is 0 Å². The minimum absolute atomic E-state index is 0.0665. The van der Waals surface area contributed by atoms with Crippen LogP contribution in [0, 0.1) is 0 Å². The van der Waals surface area contributed by atoms with Gasteiger partial charge in [0.1, 0.15) is 0 Å². The summed E-state index contributed by atoms with van der Waals surface area (Å²) in [6.07, 6.45) is 2.46. The van der Waals surface area contributed by atoms with Gasteiger partial charge in [0, 0.05) is 24.9 Å². The number of hydrogen-bond donors (Lipinski definition) is 1. The molecule has 0 aromatic carbocycles. The zero-order valence-electron chi connectivity index (χ0n) is 12.2. The molecule has 0 saturated carbocycles. The van der Waals surface area contributed by atoms with Gasteiger partial charge in [0.2, 0.25) is 5.91 Å². The van der Waals surface area contributed by atoms with Crippen LogP contribution in [0.4, 0.5) is 0 Å². The second kappa shape index (κ2) is 8.14. The van der Waals surface area contributed by atoms with E-state index < -0.39 is 0 Å². The molecule has 0 radical (unpaired) electrons. The van der Waals surface area contributed by atoms with E-state index in [-0.39, 0.29) is 17.6 Å². The van der Waals surface area contributed by atoms with Gasteiger partial charge < -0.3 is 14.6 Å². The van der Waals surface area contributed by atoms with Crippen LogP contribution in [0.25, 0.3) is 0 Å². The standard InChI is InChI=1S/C15H17BrN2O3S/c1-18(10-11-6-7-13(16)22-11)14(19)5-2-8-17-15(20)12-4-3-9-21-12/h3-4,6-7,9H,2,5,8,10H2,1H3,(H,17,20). The molecule has 0 fully saturated rings.